The highest BCUT2D eigenvalue weighted by atomic mass is 16.5. The SMILES string of the molecule is COCCCCNCC(c1ccccc1)C(C)C. The molecule has 0 saturated heterocycles. The minimum absolute atomic E-state index is 0.605. The van der Waals surface area contributed by atoms with Crippen LogP contribution in [0.1, 0.15) is 38.2 Å². The van der Waals surface area contributed by atoms with E-state index in [1.807, 2.05) is 0 Å². The molecule has 1 unspecified atom stereocenters. The normalized spacial score (nSPS) is 12.9. The van der Waals surface area contributed by atoms with Crippen molar-refractivity contribution < 1.29 is 4.74 Å². The standard InChI is InChI=1S/C16H27NO/c1-14(2)16(15-9-5-4-6-10-15)13-17-11-7-8-12-18-3/h4-6,9-10,14,16-17H,7-8,11-13H2,1-3H3. The quantitative estimate of drug-likeness (QED) is 0.677. The number of hydrogen-bond donors (Lipinski definition) is 1. The van der Waals surface area contributed by atoms with Gasteiger partial charge < -0.3 is 10.1 Å². The summed E-state index contributed by atoms with van der Waals surface area (Å²) in [5.74, 6) is 1.27. The van der Waals surface area contributed by atoms with Gasteiger partial charge in [0.15, 0.2) is 0 Å². The van der Waals surface area contributed by atoms with E-state index in [0.717, 1.165) is 26.1 Å². The van der Waals surface area contributed by atoms with Gasteiger partial charge in [-0.1, -0.05) is 44.2 Å². The summed E-state index contributed by atoms with van der Waals surface area (Å²) in [5, 5.41) is 3.57. The first-order valence-corrected chi connectivity index (χ1v) is 7.00. The predicted octanol–water partition coefficient (Wildman–Crippen LogP) is 3.44. The summed E-state index contributed by atoms with van der Waals surface area (Å²) >= 11 is 0. The fraction of sp³-hybridized carbons (Fsp3) is 0.625. The van der Waals surface area contributed by atoms with E-state index in [1.54, 1.807) is 7.11 Å². The van der Waals surface area contributed by atoms with E-state index in [1.165, 1.54) is 12.0 Å². The maximum atomic E-state index is 5.05. The Labute approximate surface area is 112 Å². The van der Waals surface area contributed by atoms with Crippen molar-refractivity contribution in [3.8, 4) is 0 Å². The molecule has 2 nitrogen and oxygen atoms in total. The molecular weight excluding hydrogens is 222 g/mol. The lowest BCUT2D eigenvalue weighted by atomic mass is 9.88. The second kappa shape index (κ2) is 9.12. The van der Waals surface area contributed by atoms with E-state index >= 15 is 0 Å². The molecule has 0 aromatic heterocycles. The molecule has 0 amide bonds. The Kier molecular flexibility index (Phi) is 7.70. The Morgan fingerprint density at radius 3 is 2.44 bits per heavy atom. The molecule has 1 aromatic rings. The van der Waals surface area contributed by atoms with Gasteiger partial charge >= 0.3 is 0 Å². The number of methoxy groups -OCH3 is 1. The van der Waals surface area contributed by atoms with Crippen LogP contribution in [0.15, 0.2) is 30.3 Å². The molecule has 1 atom stereocenters. The monoisotopic (exact) mass is 249 g/mol. The van der Waals surface area contributed by atoms with Gasteiger partial charge in [0.05, 0.1) is 0 Å². The number of benzene rings is 1. The van der Waals surface area contributed by atoms with Crippen LogP contribution >= 0.6 is 0 Å². The first-order valence-electron chi connectivity index (χ1n) is 7.00. The average molecular weight is 249 g/mol. The van der Waals surface area contributed by atoms with Crippen LogP contribution in [0, 0.1) is 5.92 Å². The number of hydrogen-bond acceptors (Lipinski definition) is 2. The van der Waals surface area contributed by atoms with Crippen molar-refractivity contribution in [2.75, 3.05) is 26.8 Å². The highest BCUT2D eigenvalue weighted by Gasteiger charge is 2.14. The number of nitrogens with one attached hydrogen (secondary N) is 1. The van der Waals surface area contributed by atoms with E-state index in [-0.39, 0.29) is 0 Å². The minimum atomic E-state index is 0.605. The fourth-order valence-electron chi connectivity index (χ4n) is 2.19. The van der Waals surface area contributed by atoms with Gasteiger partial charge in [-0.25, -0.2) is 0 Å². The van der Waals surface area contributed by atoms with E-state index in [2.05, 4.69) is 49.5 Å². The summed E-state index contributed by atoms with van der Waals surface area (Å²) in [4.78, 5) is 0. The molecule has 102 valence electrons. The average Bonchev–Trinajstić information content (AvgIpc) is 2.38. The highest BCUT2D eigenvalue weighted by Crippen LogP contribution is 2.23. The lowest BCUT2D eigenvalue weighted by Gasteiger charge is -2.22. The Hall–Kier alpha value is -0.860. The van der Waals surface area contributed by atoms with E-state index in [4.69, 9.17) is 4.74 Å². The summed E-state index contributed by atoms with van der Waals surface area (Å²) in [5.41, 5.74) is 1.44. The van der Waals surface area contributed by atoms with Gasteiger partial charge in [-0.2, -0.15) is 0 Å². The van der Waals surface area contributed by atoms with Crippen LogP contribution in [-0.2, 0) is 4.74 Å². The van der Waals surface area contributed by atoms with E-state index < -0.39 is 0 Å². The third-order valence-electron chi connectivity index (χ3n) is 3.35. The summed E-state index contributed by atoms with van der Waals surface area (Å²) in [6.45, 7) is 7.61. The van der Waals surface area contributed by atoms with Gasteiger partial charge in [0, 0.05) is 20.3 Å². The highest BCUT2D eigenvalue weighted by molar-refractivity contribution is 5.20. The molecule has 0 fully saturated rings. The third-order valence-corrected chi connectivity index (χ3v) is 3.35. The second-order valence-electron chi connectivity index (χ2n) is 5.17. The maximum absolute atomic E-state index is 5.05. The van der Waals surface area contributed by atoms with Crippen molar-refractivity contribution in [3.05, 3.63) is 35.9 Å². The first-order chi connectivity index (χ1) is 8.75. The molecule has 1 rings (SSSR count). The van der Waals surface area contributed by atoms with Crippen molar-refractivity contribution in [2.45, 2.75) is 32.6 Å². The molecule has 2 heteroatoms. The van der Waals surface area contributed by atoms with Gasteiger partial charge in [-0.3, -0.25) is 0 Å². The predicted molar refractivity (Wildman–Crippen MR) is 78.0 cm³/mol. The third kappa shape index (κ3) is 5.65. The zero-order chi connectivity index (χ0) is 13.2. The lowest BCUT2D eigenvalue weighted by Crippen LogP contribution is -2.25. The lowest BCUT2D eigenvalue weighted by molar-refractivity contribution is 0.192. The minimum Gasteiger partial charge on any atom is -0.385 e. The molecule has 0 saturated carbocycles. The number of ether oxygens (including phenoxy) is 1. The van der Waals surface area contributed by atoms with E-state index in [0.29, 0.717) is 11.8 Å². The fourth-order valence-corrected chi connectivity index (χ4v) is 2.19. The molecule has 1 aromatic carbocycles. The molecule has 0 aliphatic heterocycles. The van der Waals surface area contributed by atoms with Crippen molar-refractivity contribution in [3.63, 3.8) is 0 Å². The van der Waals surface area contributed by atoms with Crippen molar-refractivity contribution in [2.24, 2.45) is 5.92 Å². The maximum Gasteiger partial charge on any atom is 0.0462 e. The van der Waals surface area contributed by atoms with Crippen LogP contribution in [-0.4, -0.2) is 26.8 Å². The summed E-state index contributed by atoms with van der Waals surface area (Å²) in [7, 11) is 1.76. The Morgan fingerprint density at radius 2 is 1.83 bits per heavy atom. The van der Waals surface area contributed by atoms with Gasteiger partial charge in [0.25, 0.3) is 0 Å². The van der Waals surface area contributed by atoms with Gasteiger partial charge in [-0.15, -0.1) is 0 Å². The van der Waals surface area contributed by atoms with Crippen molar-refractivity contribution >= 4 is 0 Å². The van der Waals surface area contributed by atoms with Crippen LogP contribution in [0.5, 0.6) is 0 Å². The number of rotatable bonds is 9. The zero-order valence-electron chi connectivity index (χ0n) is 12.0. The zero-order valence-corrected chi connectivity index (χ0v) is 12.0. The van der Waals surface area contributed by atoms with Crippen LogP contribution in [0.25, 0.3) is 0 Å². The van der Waals surface area contributed by atoms with Crippen LogP contribution in [0.4, 0.5) is 0 Å². The molecule has 0 heterocycles. The van der Waals surface area contributed by atoms with Gasteiger partial charge in [-0.05, 0) is 36.8 Å². The Bertz CT molecular complexity index is 297. The Morgan fingerprint density at radius 1 is 1.11 bits per heavy atom. The summed E-state index contributed by atoms with van der Waals surface area (Å²) < 4.78 is 5.05. The van der Waals surface area contributed by atoms with Crippen LogP contribution in [0.2, 0.25) is 0 Å². The van der Waals surface area contributed by atoms with Crippen LogP contribution < -0.4 is 5.32 Å². The smallest absolute Gasteiger partial charge is 0.0462 e. The van der Waals surface area contributed by atoms with Crippen molar-refractivity contribution in [1.29, 1.82) is 0 Å². The van der Waals surface area contributed by atoms with Crippen molar-refractivity contribution in [1.82, 2.24) is 5.32 Å². The summed E-state index contributed by atoms with van der Waals surface area (Å²) in [6.07, 6.45) is 2.33. The van der Waals surface area contributed by atoms with Gasteiger partial charge in [0.2, 0.25) is 0 Å². The second-order valence-corrected chi connectivity index (χ2v) is 5.17. The molecule has 0 radical (unpaired) electrons. The molecule has 0 aliphatic rings. The topological polar surface area (TPSA) is 21.3 Å². The molecule has 0 bridgehead atoms. The molecule has 0 spiro atoms. The summed E-state index contributed by atoms with van der Waals surface area (Å²) in [6, 6.07) is 10.8. The Balaban J connectivity index is 2.31. The largest absolute Gasteiger partial charge is 0.385 e. The van der Waals surface area contributed by atoms with Crippen LogP contribution in [0.3, 0.4) is 0 Å². The molecule has 1 N–H and O–H groups in total. The number of unbranched alkanes of at least 4 members (excludes halogenated alkanes) is 1. The van der Waals surface area contributed by atoms with Gasteiger partial charge in [0.1, 0.15) is 0 Å². The molecular formula is C16H27NO. The first kappa shape index (κ1) is 15.2. The van der Waals surface area contributed by atoms with E-state index in [9.17, 15) is 0 Å². The molecule has 0 aliphatic carbocycles. The molecule has 18 heavy (non-hydrogen) atoms.